The Morgan fingerprint density at radius 3 is 1.89 bits per heavy atom. The second kappa shape index (κ2) is 6.60. The molecule has 7 nitrogen and oxygen atoms in total. The van der Waals surface area contributed by atoms with E-state index in [-0.39, 0.29) is 11.2 Å². The molecule has 0 bridgehead atoms. The summed E-state index contributed by atoms with van der Waals surface area (Å²) in [6.45, 7) is 0. The Balaban J connectivity index is 2.30. The van der Waals surface area contributed by atoms with Crippen molar-refractivity contribution in [3.05, 3.63) is 34.6 Å². The molecule has 1 heterocycles. The van der Waals surface area contributed by atoms with Crippen molar-refractivity contribution in [1.29, 1.82) is 0 Å². The van der Waals surface area contributed by atoms with E-state index >= 15 is 0 Å². The van der Waals surface area contributed by atoms with Crippen LogP contribution in [-0.2, 0) is 0 Å². The van der Waals surface area contributed by atoms with Gasteiger partial charge >= 0.3 is 0 Å². The smallest absolute Gasteiger partial charge is 0.224 e. The van der Waals surface area contributed by atoms with Crippen molar-refractivity contribution in [2.45, 2.75) is 0 Å². The number of hydrogen-bond donors (Lipinski definition) is 0. The van der Waals surface area contributed by atoms with Crippen molar-refractivity contribution >= 4 is 10.8 Å². The molecule has 0 amide bonds. The lowest BCUT2D eigenvalue weighted by Crippen LogP contribution is -2.03. The molecule has 0 N–H and O–H groups in total. The fourth-order valence-corrected chi connectivity index (χ4v) is 3.88. The third-order valence-corrected chi connectivity index (χ3v) is 4.94. The Morgan fingerprint density at radius 1 is 0.679 bits per heavy atom. The molecule has 0 fully saturated rings. The van der Waals surface area contributed by atoms with Crippen LogP contribution in [0.1, 0.15) is 0 Å². The van der Waals surface area contributed by atoms with E-state index in [1.54, 1.807) is 33.6 Å². The number of benzene rings is 1. The minimum Gasteiger partial charge on any atom is -0.492 e. The van der Waals surface area contributed by atoms with Crippen LogP contribution in [0.25, 0.3) is 33.2 Å². The van der Waals surface area contributed by atoms with Crippen molar-refractivity contribution in [3.63, 3.8) is 0 Å². The maximum Gasteiger partial charge on any atom is 0.224 e. The van der Waals surface area contributed by atoms with Gasteiger partial charge in [-0.15, -0.1) is 0 Å². The van der Waals surface area contributed by atoms with E-state index in [0.717, 1.165) is 21.9 Å². The van der Waals surface area contributed by atoms with Gasteiger partial charge in [0.2, 0.25) is 16.9 Å². The van der Waals surface area contributed by atoms with Crippen LogP contribution in [0.2, 0.25) is 0 Å². The second-order valence-corrected chi connectivity index (χ2v) is 6.11. The Kier molecular flexibility index (Phi) is 4.22. The molecule has 144 valence electrons. The predicted octanol–water partition coefficient (Wildman–Crippen LogP) is 3.29. The van der Waals surface area contributed by atoms with Crippen LogP contribution >= 0.6 is 0 Å². The van der Waals surface area contributed by atoms with Crippen molar-refractivity contribution in [3.8, 4) is 51.1 Å². The van der Waals surface area contributed by atoms with Gasteiger partial charge in [-0.3, -0.25) is 9.78 Å². The van der Waals surface area contributed by atoms with E-state index in [1.807, 2.05) is 6.07 Å². The Morgan fingerprint density at radius 2 is 1.29 bits per heavy atom. The zero-order valence-electron chi connectivity index (χ0n) is 16.2. The summed E-state index contributed by atoms with van der Waals surface area (Å²) in [5.41, 5.74) is 2.54. The molecule has 0 saturated carbocycles. The summed E-state index contributed by atoms with van der Waals surface area (Å²) in [4.78, 5) is 17.1. The van der Waals surface area contributed by atoms with Crippen molar-refractivity contribution < 1.29 is 23.7 Å². The quantitative estimate of drug-likeness (QED) is 0.525. The molecular weight excluding hydrogens is 362 g/mol. The number of rotatable bonds is 5. The molecule has 1 aliphatic rings. The third-order valence-electron chi connectivity index (χ3n) is 4.94. The number of methoxy groups -OCH3 is 5. The van der Waals surface area contributed by atoms with Crippen LogP contribution in [0.3, 0.4) is 0 Å². The van der Waals surface area contributed by atoms with E-state index in [0.29, 0.717) is 34.3 Å². The standard InChI is InChI=1S/C21H19NO6/c1-24-17-11-8-9-22-16-13(11)14(19(26-3)21(17)28-5)10-6-7-12(23)18(25-2)20(27-4)15(10)16/h6-9H,1-5H3. The van der Waals surface area contributed by atoms with E-state index in [9.17, 15) is 4.79 Å². The fraction of sp³-hybridized carbons (Fsp3) is 0.238. The van der Waals surface area contributed by atoms with E-state index in [4.69, 9.17) is 23.7 Å². The van der Waals surface area contributed by atoms with Crippen molar-refractivity contribution in [2.24, 2.45) is 0 Å². The molecule has 7 heteroatoms. The number of aromatic nitrogens is 1. The first-order valence-electron chi connectivity index (χ1n) is 8.53. The Hall–Kier alpha value is -3.48. The van der Waals surface area contributed by atoms with Gasteiger partial charge in [-0.25, -0.2) is 0 Å². The topological polar surface area (TPSA) is 76.1 Å². The van der Waals surface area contributed by atoms with Crippen LogP contribution in [0.5, 0.6) is 28.7 Å². The molecule has 28 heavy (non-hydrogen) atoms. The molecule has 1 aromatic heterocycles. The summed E-state index contributed by atoms with van der Waals surface area (Å²) in [5, 5.41) is 1.66. The minimum absolute atomic E-state index is 0.119. The number of ether oxygens (including phenoxy) is 5. The summed E-state index contributed by atoms with van der Waals surface area (Å²) in [5.74, 6) is 1.96. The third kappa shape index (κ3) is 2.16. The molecule has 1 aliphatic carbocycles. The van der Waals surface area contributed by atoms with Crippen molar-refractivity contribution in [2.75, 3.05) is 35.5 Å². The highest BCUT2D eigenvalue weighted by Gasteiger charge is 2.34. The Bertz CT molecular complexity index is 1170. The zero-order valence-corrected chi connectivity index (χ0v) is 16.2. The minimum atomic E-state index is -0.290. The summed E-state index contributed by atoms with van der Waals surface area (Å²) in [6, 6.07) is 5.04. The molecule has 0 atom stereocenters. The molecule has 4 rings (SSSR count). The summed E-state index contributed by atoms with van der Waals surface area (Å²) < 4.78 is 27.9. The predicted molar refractivity (Wildman–Crippen MR) is 105 cm³/mol. The van der Waals surface area contributed by atoms with E-state index in [2.05, 4.69) is 4.98 Å². The lowest BCUT2D eigenvalue weighted by molar-refractivity contribution is 0.328. The SMILES string of the molecule is COc1c2c(ccc(=O)c1OC)-c1c(OC)c(OC)c(OC)c3ccnc-2c13. The molecule has 0 spiro atoms. The Labute approximate surface area is 161 Å². The first-order valence-corrected chi connectivity index (χ1v) is 8.53. The highest BCUT2D eigenvalue weighted by molar-refractivity contribution is 6.19. The molecule has 0 aliphatic heterocycles. The van der Waals surface area contributed by atoms with Gasteiger partial charge in [0, 0.05) is 22.5 Å². The normalized spacial score (nSPS) is 11.2. The average Bonchev–Trinajstić information content (AvgIpc) is 2.96. The lowest BCUT2D eigenvalue weighted by atomic mass is 10.0. The molecular formula is C21H19NO6. The van der Waals surface area contributed by atoms with Gasteiger partial charge in [-0.2, -0.15) is 0 Å². The van der Waals surface area contributed by atoms with Gasteiger partial charge in [0.05, 0.1) is 46.8 Å². The summed E-state index contributed by atoms with van der Waals surface area (Å²) in [6.07, 6.45) is 1.68. The van der Waals surface area contributed by atoms with Gasteiger partial charge < -0.3 is 23.7 Å². The van der Waals surface area contributed by atoms with Gasteiger partial charge in [0.15, 0.2) is 17.2 Å². The largest absolute Gasteiger partial charge is 0.492 e. The lowest BCUT2D eigenvalue weighted by Gasteiger charge is -2.17. The maximum atomic E-state index is 12.5. The zero-order chi connectivity index (χ0) is 20.0. The van der Waals surface area contributed by atoms with Gasteiger partial charge in [-0.1, -0.05) is 0 Å². The highest BCUT2D eigenvalue weighted by Crippen LogP contribution is 2.59. The number of fused-ring (bicyclic) bond motifs is 3. The molecule has 0 saturated heterocycles. The van der Waals surface area contributed by atoms with Crippen LogP contribution in [0, 0.1) is 0 Å². The van der Waals surface area contributed by atoms with Crippen molar-refractivity contribution in [1.82, 2.24) is 4.98 Å². The van der Waals surface area contributed by atoms with Gasteiger partial charge in [0.25, 0.3) is 0 Å². The fourth-order valence-electron chi connectivity index (χ4n) is 3.88. The van der Waals surface area contributed by atoms with E-state index < -0.39 is 0 Å². The number of hydrogen-bond acceptors (Lipinski definition) is 7. The molecule has 0 radical (unpaired) electrons. The highest BCUT2D eigenvalue weighted by atomic mass is 16.5. The first kappa shape index (κ1) is 17.9. The molecule has 3 aromatic rings. The van der Waals surface area contributed by atoms with Crippen LogP contribution in [-0.4, -0.2) is 40.5 Å². The molecule has 2 aromatic carbocycles. The monoisotopic (exact) mass is 381 g/mol. The van der Waals surface area contributed by atoms with Gasteiger partial charge in [-0.05, 0) is 23.8 Å². The maximum absolute atomic E-state index is 12.5. The number of nitrogens with zero attached hydrogens (tertiary/aromatic N) is 1. The van der Waals surface area contributed by atoms with Crippen LogP contribution < -0.4 is 29.1 Å². The van der Waals surface area contributed by atoms with Crippen LogP contribution in [0.4, 0.5) is 0 Å². The van der Waals surface area contributed by atoms with Crippen LogP contribution in [0.15, 0.2) is 29.2 Å². The first-order chi connectivity index (χ1) is 13.6. The van der Waals surface area contributed by atoms with E-state index in [1.165, 1.54) is 20.3 Å². The summed E-state index contributed by atoms with van der Waals surface area (Å²) >= 11 is 0. The second-order valence-electron chi connectivity index (χ2n) is 6.11. The number of pyridine rings is 1. The average molecular weight is 381 g/mol. The summed E-state index contributed by atoms with van der Waals surface area (Å²) in [7, 11) is 7.64. The molecule has 0 unspecified atom stereocenters. The van der Waals surface area contributed by atoms with Gasteiger partial charge in [0.1, 0.15) is 0 Å².